The molecule has 0 saturated heterocycles. The second-order valence-corrected chi connectivity index (χ2v) is 5.59. The minimum Gasteiger partial charge on any atom is -0.493 e. The van der Waals surface area contributed by atoms with E-state index in [1.807, 2.05) is 31.2 Å². The number of esters is 1. The molecule has 2 N–H and O–H groups in total. The number of carbonyl (C=O) groups excluding carboxylic acids is 1. The molecule has 0 aliphatic carbocycles. The summed E-state index contributed by atoms with van der Waals surface area (Å²) in [5.41, 5.74) is 2.09. The van der Waals surface area contributed by atoms with Crippen molar-refractivity contribution in [1.82, 2.24) is 10.6 Å². The Morgan fingerprint density at radius 2 is 2.04 bits per heavy atom. The minimum atomic E-state index is -0.393. The Bertz CT molecular complexity index is 628. The number of thiocarbonyl (C=S) groups is 1. The Morgan fingerprint density at radius 3 is 2.74 bits per heavy atom. The number of para-hydroxylation sites is 1. The van der Waals surface area contributed by atoms with Gasteiger partial charge in [-0.05, 0) is 38.6 Å². The fraction of sp³-hybridized carbons (Fsp3) is 0.412. The van der Waals surface area contributed by atoms with E-state index in [0.717, 1.165) is 17.7 Å². The molecule has 0 bridgehead atoms. The molecule has 0 unspecified atom stereocenters. The summed E-state index contributed by atoms with van der Waals surface area (Å²) in [6, 6.07) is 7.27. The summed E-state index contributed by atoms with van der Waals surface area (Å²) in [6.45, 7) is 6.59. The lowest BCUT2D eigenvalue weighted by Crippen LogP contribution is -2.45. The van der Waals surface area contributed by atoms with Crippen LogP contribution in [-0.4, -0.2) is 24.3 Å². The highest BCUT2D eigenvalue weighted by Gasteiger charge is 2.32. The van der Waals surface area contributed by atoms with Gasteiger partial charge in [0.1, 0.15) is 5.75 Å². The summed E-state index contributed by atoms with van der Waals surface area (Å²) in [6.07, 6.45) is 0.909. The molecule has 1 aliphatic rings. The van der Waals surface area contributed by atoms with Gasteiger partial charge >= 0.3 is 5.97 Å². The van der Waals surface area contributed by atoms with E-state index in [0.29, 0.717) is 29.6 Å². The van der Waals surface area contributed by atoms with Crippen LogP contribution in [0.5, 0.6) is 5.75 Å². The number of hydrogen-bond acceptors (Lipinski definition) is 4. The van der Waals surface area contributed by atoms with Crippen LogP contribution >= 0.6 is 12.2 Å². The number of carbonyl (C=O) groups is 1. The standard InChI is InChI=1S/C17H22N2O3S/c1-4-10-22-13-9-7-6-8-12(13)15-14(16(20)21-5-2)11(3)18-17(23)19-15/h6-9,15H,4-5,10H2,1-3H3,(H2,18,19,23)/t15-/m0/s1. The number of benzene rings is 1. The second-order valence-electron chi connectivity index (χ2n) is 5.18. The fourth-order valence-electron chi connectivity index (χ4n) is 2.47. The monoisotopic (exact) mass is 334 g/mol. The molecule has 2 rings (SSSR count). The molecular weight excluding hydrogens is 312 g/mol. The van der Waals surface area contributed by atoms with E-state index in [1.54, 1.807) is 6.92 Å². The van der Waals surface area contributed by atoms with Crippen molar-refractivity contribution in [2.45, 2.75) is 33.2 Å². The molecule has 1 aromatic carbocycles. The Kier molecular flexibility index (Phi) is 5.98. The summed E-state index contributed by atoms with van der Waals surface area (Å²) >= 11 is 5.25. The van der Waals surface area contributed by atoms with Crippen LogP contribution in [0.2, 0.25) is 0 Å². The predicted molar refractivity (Wildman–Crippen MR) is 93.2 cm³/mol. The molecule has 1 aliphatic heterocycles. The van der Waals surface area contributed by atoms with Crippen molar-refractivity contribution >= 4 is 23.3 Å². The summed E-state index contributed by atoms with van der Waals surface area (Å²) in [4.78, 5) is 12.4. The van der Waals surface area contributed by atoms with Crippen LogP contribution in [0.1, 0.15) is 38.8 Å². The lowest BCUT2D eigenvalue weighted by Gasteiger charge is -2.30. The highest BCUT2D eigenvalue weighted by molar-refractivity contribution is 7.80. The first-order valence-corrected chi connectivity index (χ1v) is 8.16. The number of nitrogens with one attached hydrogen (secondary N) is 2. The van der Waals surface area contributed by atoms with E-state index in [-0.39, 0.29) is 5.97 Å². The van der Waals surface area contributed by atoms with Gasteiger partial charge in [0.25, 0.3) is 0 Å². The predicted octanol–water partition coefficient (Wildman–Crippen LogP) is 2.83. The number of allylic oxidation sites excluding steroid dienone is 1. The van der Waals surface area contributed by atoms with Gasteiger partial charge < -0.3 is 20.1 Å². The summed E-state index contributed by atoms with van der Waals surface area (Å²) in [7, 11) is 0. The third-order valence-electron chi connectivity index (χ3n) is 3.46. The van der Waals surface area contributed by atoms with E-state index in [4.69, 9.17) is 21.7 Å². The van der Waals surface area contributed by atoms with Crippen LogP contribution in [0.3, 0.4) is 0 Å². The van der Waals surface area contributed by atoms with Gasteiger partial charge in [-0.2, -0.15) is 0 Å². The van der Waals surface area contributed by atoms with Crippen molar-refractivity contribution in [3.8, 4) is 5.75 Å². The quantitative estimate of drug-likeness (QED) is 0.616. The van der Waals surface area contributed by atoms with Crippen molar-refractivity contribution in [3.05, 3.63) is 41.1 Å². The summed E-state index contributed by atoms with van der Waals surface area (Å²) < 4.78 is 11.0. The third-order valence-corrected chi connectivity index (χ3v) is 3.68. The minimum absolute atomic E-state index is 0.320. The van der Waals surface area contributed by atoms with E-state index < -0.39 is 6.04 Å². The lowest BCUT2D eigenvalue weighted by atomic mass is 9.95. The van der Waals surface area contributed by atoms with Gasteiger partial charge in [-0.1, -0.05) is 25.1 Å². The van der Waals surface area contributed by atoms with Crippen molar-refractivity contribution in [2.24, 2.45) is 0 Å². The Hall–Kier alpha value is -2.08. The van der Waals surface area contributed by atoms with Gasteiger partial charge in [-0.15, -0.1) is 0 Å². The van der Waals surface area contributed by atoms with E-state index >= 15 is 0 Å². The highest BCUT2D eigenvalue weighted by Crippen LogP contribution is 2.33. The first-order valence-electron chi connectivity index (χ1n) is 7.75. The molecule has 0 aromatic heterocycles. The molecule has 0 fully saturated rings. The van der Waals surface area contributed by atoms with E-state index in [2.05, 4.69) is 17.6 Å². The lowest BCUT2D eigenvalue weighted by molar-refractivity contribution is -0.139. The van der Waals surface area contributed by atoms with Crippen LogP contribution < -0.4 is 15.4 Å². The zero-order valence-corrected chi connectivity index (χ0v) is 14.5. The van der Waals surface area contributed by atoms with Crippen LogP contribution in [0.25, 0.3) is 0 Å². The molecule has 0 spiro atoms. The zero-order valence-electron chi connectivity index (χ0n) is 13.6. The Balaban J connectivity index is 2.44. The van der Waals surface area contributed by atoms with Crippen molar-refractivity contribution in [1.29, 1.82) is 0 Å². The molecule has 1 heterocycles. The Morgan fingerprint density at radius 1 is 1.30 bits per heavy atom. The van der Waals surface area contributed by atoms with Gasteiger partial charge in [-0.25, -0.2) is 4.79 Å². The van der Waals surface area contributed by atoms with Gasteiger partial charge in [-0.3, -0.25) is 0 Å². The highest BCUT2D eigenvalue weighted by atomic mass is 32.1. The molecule has 5 nitrogen and oxygen atoms in total. The van der Waals surface area contributed by atoms with Crippen LogP contribution in [-0.2, 0) is 9.53 Å². The molecule has 1 aromatic rings. The molecular formula is C17H22N2O3S. The molecule has 124 valence electrons. The summed E-state index contributed by atoms with van der Waals surface area (Å²) in [5.74, 6) is 0.383. The second kappa shape index (κ2) is 7.97. The summed E-state index contributed by atoms with van der Waals surface area (Å²) in [5, 5.41) is 6.62. The molecule has 0 saturated carbocycles. The average molecular weight is 334 g/mol. The maximum absolute atomic E-state index is 12.4. The third kappa shape index (κ3) is 4.01. The number of ether oxygens (including phenoxy) is 2. The molecule has 23 heavy (non-hydrogen) atoms. The molecule has 6 heteroatoms. The first-order chi connectivity index (χ1) is 11.1. The zero-order chi connectivity index (χ0) is 16.8. The fourth-order valence-corrected chi connectivity index (χ4v) is 2.74. The van der Waals surface area contributed by atoms with E-state index in [9.17, 15) is 4.79 Å². The van der Waals surface area contributed by atoms with Crippen molar-refractivity contribution in [2.75, 3.05) is 13.2 Å². The Labute approximate surface area is 142 Å². The van der Waals surface area contributed by atoms with Crippen LogP contribution in [0.4, 0.5) is 0 Å². The van der Waals surface area contributed by atoms with Gasteiger partial charge in [0.05, 0.1) is 24.8 Å². The smallest absolute Gasteiger partial charge is 0.338 e. The molecule has 0 radical (unpaired) electrons. The molecule has 1 atom stereocenters. The largest absolute Gasteiger partial charge is 0.493 e. The topological polar surface area (TPSA) is 59.6 Å². The normalized spacial score (nSPS) is 17.3. The average Bonchev–Trinajstić information content (AvgIpc) is 2.52. The van der Waals surface area contributed by atoms with Crippen molar-refractivity contribution in [3.63, 3.8) is 0 Å². The maximum Gasteiger partial charge on any atom is 0.338 e. The first kappa shape index (κ1) is 17.3. The number of hydrogen-bond donors (Lipinski definition) is 2. The van der Waals surface area contributed by atoms with Gasteiger partial charge in [0.15, 0.2) is 5.11 Å². The van der Waals surface area contributed by atoms with Gasteiger partial charge in [0, 0.05) is 11.3 Å². The van der Waals surface area contributed by atoms with E-state index in [1.165, 1.54) is 0 Å². The van der Waals surface area contributed by atoms with Crippen LogP contribution in [0, 0.1) is 0 Å². The number of rotatable bonds is 6. The van der Waals surface area contributed by atoms with Crippen LogP contribution in [0.15, 0.2) is 35.5 Å². The van der Waals surface area contributed by atoms with Gasteiger partial charge in [0.2, 0.25) is 0 Å². The van der Waals surface area contributed by atoms with Crippen molar-refractivity contribution < 1.29 is 14.3 Å². The molecule has 0 amide bonds. The maximum atomic E-state index is 12.4. The SMILES string of the molecule is CCCOc1ccccc1[C@@H]1NC(=S)NC(C)=C1C(=O)OCC.